The molecule has 2 amide bonds. The molecular weight excluding hydrogens is 416 g/mol. The SMILES string of the molecule is CN1C=CC(CC(=O)NCc2ccn(-c3cc(N(C)O)c(NC=O)cc3[N+](=O)[O-])c2)=CC1. The number of hydrogen-bond acceptors (Lipinski definition) is 7. The third-order valence-corrected chi connectivity index (χ3v) is 4.92. The molecule has 0 atom stereocenters. The van der Waals surface area contributed by atoms with Crippen molar-refractivity contribution in [1.82, 2.24) is 14.8 Å². The van der Waals surface area contributed by atoms with E-state index in [0.29, 0.717) is 6.41 Å². The van der Waals surface area contributed by atoms with Crippen molar-refractivity contribution in [2.75, 3.05) is 31.0 Å². The van der Waals surface area contributed by atoms with Crippen LogP contribution in [0.2, 0.25) is 0 Å². The third-order valence-electron chi connectivity index (χ3n) is 4.92. The lowest BCUT2D eigenvalue weighted by Gasteiger charge is -2.17. The summed E-state index contributed by atoms with van der Waals surface area (Å²) in [4.78, 5) is 36.1. The Morgan fingerprint density at radius 3 is 2.81 bits per heavy atom. The Morgan fingerprint density at radius 1 is 1.41 bits per heavy atom. The molecule has 3 N–H and O–H groups in total. The van der Waals surface area contributed by atoms with Crippen LogP contribution in [0, 0.1) is 10.1 Å². The Kier molecular flexibility index (Phi) is 6.90. The number of carbonyl (C=O) groups excluding carboxylic acids is 2. The zero-order valence-electron chi connectivity index (χ0n) is 17.7. The molecule has 2 heterocycles. The fourth-order valence-corrected chi connectivity index (χ4v) is 3.25. The van der Waals surface area contributed by atoms with E-state index in [4.69, 9.17) is 0 Å². The van der Waals surface area contributed by atoms with Gasteiger partial charge in [0.1, 0.15) is 5.69 Å². The highest BCUT2D eigenvalue weighted by molar-refractivity contribution is 5.85. The summed E-state index contributed by atoms with van der Waals surface area (Å²) in [5.41, 5.74) is 1.90. The van der Waals surface area contributed by atoms with Crippen LogP contribution in [0.1, 0.15) is 12.0 Å². The van der Waals surface area contributed by atoms with Gasteiger partial charge >= 0.3 is 0 Å². The largest absolute Gasteiger partial charge is 0.377 e. The number of likely N-dealkylation sites (N-methyl/N-ethyl adjacent to an activating group) is 1. The monoisotopic (exact) mass is 440 g/mol. The second-order valence-corrected chi connectivity index (χ2v) is 7.32. The summed E-state index contributed by atoms with van der Waals surface area (Å²) >= 11 is 0. The molecule has 11 heteroatoms. The van der Waals surface area contributed by atoms with Crippen LogP contribution in [0.3, 0.4) is 0 Å². The van der Waals surface area contributed by atoms with Crippen LogP contribution in [0.5, 0.6) is 0 Å². The molecular formula is C21H24N6O5. The molecule has 1 aliphatic rings. The van der Waals surface area contributed by atoms with Gasteiger partial charge in [-0.05, 0) is 35.5 Å². The highest BCUT2D eigenvalue weighted by atomic mass is 16.6. The van der Waals surface area contributed by atoms with E-state index in [9.17, 15) is 24.9 Å². The summed E-state index contributed by atoms with van der Waals surface area (Å²) in [5.74, 6) is -0.127. The maximum absolute atomic E-state index is 12.2. The Bertz CT molecular complexity index is 1090. The lowest BCUT2D eigenvalue weighted by molar-refractivity contribution is -0.384. The molecule has 0 saturated carbocycles. The fourth-order valence-electron chi connectivity index (χ4n) is 3.25. The van der Waals surface area contributed by atoms with Crippen molar-refractivity contribution in [3.05, 3.63) is 70.2 Å². The molecule has 0 unspecified atom stereocenters. The van der Waals surface area contributed by atoms with Gasteiger partial charge in [0.15, 0.2) is 0 Å². The molecule has 0 bridgehead atoms. The number of anilines is 2. The predicted molar refractivity (Wildman–Crippen MR) is 119 cm³/mol. The number of allylic oxidation sites excluding steroid dienone is 1. The molecule has 0 saturated heterocycles. The number of carbonyl (C=O) groups is 2. The Hall–Kier alpha value is -4.12. The summed E-state index contributed by atoms with van der Waals surface area (Å²) in [6.07, 6.45) is 9.74. The predicted octanol–water partition coefficient (Wildman–Crippen LogP) is 2.17. The van der Waals surface area contributed by atoms with Gasteiger partial charge in [-0.2, -0.15) is 0 Å². The van der Waals surface area contributed by atoms with Crippen molar-refractivity contribution in [1.29, 1.82) is 0 Å². The standard InChI is InChI=1S/C21H24N6O5/c1-24-6-3-15(4-7-24)9-21(29)22-12-16-5-8-26(13-16)19-11-18(25(2)30)17(23-14-28)10-20(19)27(31)32/h3-6,8,10-11,13-14,30H,7,9,12H2,1-2H3,(H,22,29)(H,23,28). The minimum absolute atomic E-state index is 0.0948. The maximum atomic E-state index is 12.2. The first kappa shape index (κ1) is 22.6. The second-order valence-electron chi connectivity index (χ2n) is 7.32. The highest BCUT2D eigenvalue weighted by Gasteiger charge is 2.21. The molecule has 0 aliphatic carbocycles. The van der Waals surface area contributed by atoms with Crippen LogP contribution in [-0.2, 0) is 16.1 Å². The molecule has 11 nitrogen and oxygen atoms in total. The number of nitrogens with one attached hydrogen (secondary N) is 2. The smallest absolute Gasteiger partial charge is 0.295 e. The molecule has 0 fully saturated rings. The van der Waals surface area contributed by atoms with Gasteiger partial charge in [0.2, 0.25) is 12.3 Å². The van der Waals surface area contributed by atoms with Crippen LogP contribution in [0.4, 0.5) is 17.1 Å². The minimum Gasteiger partial charge on any atom is -0.377 e. The first-order valence-electron chi connectivity index (χ1n) is 9.75. The number of rotatable bonds is 9. The normalized spacial score (nSPS) is 12.8. The van der Waals surface area contributed by atoms with Gasteiger partial charge < -0.3 is 20.1 Å². The van der Waals surface area contributed by atoms with E-state index in [1.54, 1.807) is 18.5 Å². The molecule has 1 aromatic heterocycles. The molecule has 2 aromatic rings. The second kappa shape index (κ2) is 9.79. The van der Waals surface area contributed by atoms with Crippen LogP contribution in [0.25, 0.3) is 5.69 Å². The topological polar surface area (TPSA) is 133 Å². The van der Waals surface area contributed by atoms with Gasteiger partial charge in [0, 0.05) is 45.6 Å². The average molecular weight is 440 g/mol. The lowest BCUT2D eigenvalue weighted by atomic mass is 10.1. The highest BCUT2D eigenvalue weighted by Crippen LogP contribution is 2.35. The van der Waals surface area contributed by atoms with Gasteiger partial charge in [0.05, 0.1) is 22.7 Å². The fraction of sp³-hybridized carbons (Fsp3) is 0.238. The van der Waals surface area contributed by atoms with Gasteiger partial charge in [0.25, 0.3) is 5.69 Å². The Morgan fingerprint density at radius 2 is 2.19 bits per heavy atom. The summed E-state index contributed by atoms with van der Waals surface area (Å²) in [5, 5.41) is 27.4. The number of hydrogen-bond donors (Lipinski definition) is 3. The first-order chi connectivity index (χ1) is 15.3. The van der Waals surface area contributed by atoms with E-state index in [0.717, 1.165) is 22.7 Å². The van der Waals surface area contributed by atoms with E-state index in [1.807, 2.05) is 30.3 Å². The van der Waals surface area contributed by atoms with Gasteiger partial charge in [-0.3, -0.25) is 30.0 Å². The first-order valence-corrected chi connectivity index (χ1v) is 9.75. The third kappa shape index (κ3) is 5.32. The molecule has 168 valence electrons. The average Bonchev–Trinajstić information content (AvgIpc) is 3.22. The molecule has 0 radical (unpaired) electrons. The van der Waals surface area contributed by atoms with Crippen LogP contribution in [0.15, 0.2) is 54.5 Å². The maximum Gasteiger partial charge on any atom is 0.295 e. The van der Waals surface area contributed by atoms with E-state index < -0.39 is 4.92 Å². The van der Waals surface area contributed by atoms with Crippen LogP contribution in [-0.4, -0.2) is 52.6 Å². The van der Waals surface area contributed by atoms with Gasteiger partial charge in [-0.1, -0.05) is 6.08 Å². The molecule has 0 spiro atoms. The number of nitro groups is 1. The summed E-state index contributed by atoms with van der Waals surface area (Å²) in [6, 6.07) is 4.31. The van der Waals surface area contributed by atoms with Gasteiger partial charge in [-0.15, -0.1) is 0 Å². The summed E-state index contributed by atoms with van der Waals surface area (Å²) in [6.45, 7) is 1.01. The van der Waals surface area contributed by atoms with E-state index >= 15 is 0 Å². The van der Waals surface area contributed by atoms with E-state index in [-0.39, 0.29) is 41.6 Å². The van der Waals surface area contributed by atoms with Crippen LogP contribution < -0.4 is 15.7 Å². The van der Waals surface area contributed by atoms with Crippen LogP contribution >= 0.6 is 0 Å². The number of nitrogens with zero attached hydrogens (tertiary/aromatic N) is 4. The molecule has 1 aliphatic heterocycles. The van der Waals surface area contributed by atoms with Crippen molar-refractivity contribution in [3.63, 3.8) is 0 Å². The number of aromatic nitrogens is 1. The number of amides is 2. The molecule has 3 rings (SSSR count). The number of nitro benzene ring substituents is 1. The number of benzene rings is 1. The summed E-state index contributed by atoms with van der Waals surface area (Å²) < 4.78 is 1.53. The number of hydroxylamine groups is 1. The Labute approximate surface area is 184 Å². The zero-order valence-corrected chi connectivity index (χ0v) is 17.7. The molecule has 32 heavy (non-hydrogen) atoms. The molecule has 1 aromatic carbocycles. The minimum atomic E-state index is -0.573. The van der Waals surface area contributed by atoms with Crippen molar-refractivity contribution in [2.24, 2.45) is 0 Å². The Balaban J connectivity index is 1.76. The van der Waals surface area contributed by atoms with Crippen molar-refractivity contribution >= 4 is 29.4 Å². The van der Waals surface area contributed by atoms with Crippen molar-refractivity contribution in [3.8, 4) is 5.69 Å². The van der Waals surface area contributed by atoms with E-state index in [2.05, 4.69) is 10.6 Å². The quantitative estimate of drug-likeness (QED) is 0.309. The van der Waals surface area contributed by atoms with Crippen molar-refractivity contribution in [2.45, 2.75) is 13.0 Å². The van der Waals surface area contributed by atoms with E-state index in [1.165, 1.54) is 23.7 Å². The van der Waals surface area contributed by atoms with Gasteiger partial charge in [-0.25, -0.2) is 0 Å². The summed E-state index contributed by atoms with van der Waals surface area (Å²) in [7, 11) is 3.29. The lowest BCUT2D eigenvalue weighted by Crippen LogP contribution is -2.23. The zero-order chi connectivity index (χ0) is 23.3. The van der Waals surface area contributed by atoms with Crippen molar-refractivity contribution < 1.29 is 19.7 Å².